The van der Waals surface area contributed by atoms with Gasteiger partial charge in [-0.25, -0.2) is 4.98 Å². The Morgan fingerprint density at radius 2 is 1.78 bits per heavy atom. The maximum absolute atomic E-state index is 6.29. The third-order valence-corrected chi connectivity index (χ3v) is 7.01. The van der Waals surface area contributed by atoms with Crippen LogP contribution in [0.25, 0.3) is 0 Å². The summed E-state index contributed by atoms with van der Waals surface area (Å²) >= 11 is 0. The number of aromatic nitrogens is 2. The third-order valence-electron chi connectivity index (χ3n) is 7.01. The smallest absolute Gasteiger partial charge is 0.230 e. The second kappa shape index (κ2) is 10.0. The highest BCUT2D eigenvalue weighted by Gasteiger charge is 2.29. The summed E-state index contributed by atoms with van der Waals surface area (Å²) in [4.78, 5) is 11.7. The molecule has 3 aliphatic rings. The number of nitrogens with zero attached hydrogens (tertiary/aromatic N) is 3. The number of hydrogen-bond acceptors (Lipinski definition) is 7. The average Bonchev–Trinajstić information content (AvgIpc) is 3.70. The Morgan fingerprint density at radius 1 is 1.03 bits per heavy atom. The number of anilines is 3. The van der Waals surface area contributed by atoms with Crippen LogP contribution in [-0.4, -0.2) is 56.0 Å². The van der Waals surface area contributed by atoms with Gasteiger partial charge in [-0.3, -0.25) is 0 Å². The molecule has 0 spiro atoms. The van der Waals surface area contributed by atoms with E-state index in [1.54, 1.807) is 0 Å². The molecule has 1 aromatic heterocycles. The van der Waals surface area contributed by atoms with E-state index in [0.717, 1.165) is 44.5 Å². The summed E-state index contributed by atoms with van der Waals surface area (Å²) in [6, 6.07) is 9.13. The highest BCUT2D eigenvalue weighted by Crippen LogP contribution is 2.44. The standard InChI is InChI=1S/C25H35N5O2/c1-26-20-6-2-18(3-7-20)17-32-24-23(19-4-5-19)16-27-25(29-24)28-21-8-10-22(11-9-21)30-12-14-31-15-13-30/h8-11,16,18-20,26H,2-7,12-15,17H2,1H3,(H,27,28,29). The van der Waals surface area contributed by atoms with Crippen molar-refractivity contribution < 1.29 is 9.47 Å². The van der Waals surface area contributed by atoms with Gasteiger partial charge in [0.25, 0.3) is 0 Å². The fraction of sp³-hybridized carbons (Fsp3) is 0.600. The van der Waals surface area contributed by atoms with Crippen LogP contribution in [0, 0.1) is 5.92 Å². The Morgan fingerprint density at radius 3 is 2.47 bits per heavy atom. The van der Waals surface area contributed by atoms with E-state index in [9.17, 15) is 0 Å². The topological polar surface area (TPSA) is 71.5 Å². The first-order valence-corrected chi connectivity index (χ1v) is 12.2. The number of rotatable bonds is 8. The zero-order chi connectivity index (χ0) is 21.8. The van der Waals surface area contributed by atoms with Crippen LogP contribution in [0.4, 0.5) is 17.3 Å². The van der Waals surface area contributed by atoms with Gasteiger partial charge in [0.2, 0.25) is 11.8 Å². The molecule has 2 heterocycles. The van der Waals surface area contributed by atoms with Gasteiger partial charge in [0.1, 0.15) is 0 Å². The second-order valence-corrected chi connectivity index (χ2v) is 9.32. The van der Waals surface area contributed by atoms with Gasteiger partial charge in [0.05, 0.1) is 19.8 Å². The van der Waals surface area contributed by atoms with Crippen molar-refractivity contribution in [3.8, 4) is 5.88 Å². The first-order valence-electron chi connectivity index (χ1n) is 12.2. The van der Waals surface area contributed by atoms with E-state index >= 15 is 0 Å². The lowest BCUT2D eigenvalue weighted by atomic mass is 9.87. The molecule has 2 aliphatic carbocycles. The summed E-state index contributed by atoms with van der Waals surface area (Å²) in [6.45, 7) is 4.22. The van der Waals surface area contributed by atoms with Gasteiger partial charge in [-0.2, -0.15) is 4.98 Å². The summed E-state index contributed by atoms with van der Waals surface area (Å²) in [5.74, 6) is 2.55. The van der Waals surface area contributed by atoms with E-state index in [2.05, 4.69) is 51.8 Å². The molecule has 7 heteroatoms. The largest absolute Gasteiger partial charge is 0.477 e. The van der Waals surface area contributed by atoms with Crippen molar-refractivity contribution in [2.45, 2.75) is 50.5 Å². The Bertz CT molecular complexity index is 872. The SMILES string of the molecule is CNC1CCC(COc2nc(Nc3ccc(N4CCOCC4)cc3)ncc2C2CC2)CC1. The minimum atomic E-state index is 0.562. The van der Waals surface area contributed by atoms with Crippen LogP contribution in [0.5, 0.6) is 5.88 Å². The molecule has 0 radical (unpaired) electrons. The highest BCUT2D eigenvalue weighted by molar-refractivity contribution is 5.59. The molecular weight excluding hydrogens is 402 g/mol. The van der Waals surface area contributed by atoms with E-state index in [0.29, 0.717) is 23.8 Å². The molecule has 2 N–H and O–H groups in total. The molecule has 1 aromatic carbocycles. The average molecular weight is 438 g/mol. The molecule has 0 amide bonds. The van der Waals surface area contributed by atoms with Crippen LogP contribution < -0.4 is 20.3 Å². The van der Waals surface area contributed by atoms with Crippen molar-refractivity contribution >= 4 is 17.3 Å². The number of benzene rings is 1. The molecule has 172 valence electrons. The number of nitrogens with one attached hydrogen (secondary N) is 2. The van der Waals surface area contributed by atoms with E-state index in [1.165, 1.54) is 49.8 Å². The van der Waals surface area contributed by atoms with Crippen molar-refractivity contribution in [1.29, 1.82) is 0 Å². The number of hydrogen-bond donors (Lipinski definition) is 2. The molecule has 2 aromatic rings. The summed E-state index contributed by atoms with van der Waals surface area (Å²) < 4.78 is 11.7. The van der Waals surface area contributed by atoms with Crippen LogP contribution >= 0.6 is 0 Å². The first kappa shape index (κ1) is 21.5. The van der Waals surface area contributed by atoms with Crippen molar-refractivity contribution in [3.05, 3.63) is 36.0 Å². The fourth-order valence-electron chi connectivity index (χ4n) is 4.75. The third kappa shape index (κ3) is 5.33. The van der Waals surface area contributed by atoms with Gasteiger partial charge in [-0.1, -0.05) is 0 Å². The Labute approximate surface area is 190 Å². The summed E-state index contributed by atoms with van der Waals surface area (Å²) in [5, 5.41) is 6.76. The molecule has 0 atom stereocenters. The van der Waals surface area contributed by atoms with Crippen LogP contribution in [0.15, 0.2) is 30.5 Å². The van der Waals surface area contributed by atoms with Gasteiger partial charge in [-0.05, 0) is 81.7 Å². The predicted octanol–water partition coefficient (Wildman–Crippen LogP) is 4.09. The Balaban J connectivity index is 1.22. The van der Waals surface area contributed by atoms with E-state index < -0.39 is 0 Å². The first-order chi connectivity index (χ1) is 15.8. The molecule has 0 bridgehead atoms. The highest BCUT2D eigenvalue weighted by atomic mass is 16.5. The molecule has 0 unspecified atom stereocenters. The minimum Gasteiger partial charge on any atom is -0.477 e. The van der Waals surface area contributed by atoms with Crippen LogP contribution in [0.1, 0.15) is 50.0 Å². The zero-order valence-electron chi connectivity index (χ0n) is 19.1. The molecule has 7 nitrogen and oxygen atoms in total. The fourth-order valence-corrected chi connectivity index (χ4v) is 4.75. The Hall–Kier alpha value is -2.38. The molecule has 3 fully saturated rings. The molecule has 1 saturated heterocycles. The predicted molar refractivity (Wildman–Crippen MR) is 127 cm³/mol. The monoisotopic (exact) mass is 437 g/mol. The quantitative estimate of drug-likeness (QED) is 0.644. The van der Waals surface area contributed by atoms with Gasteiger partial charge in [0, 0.05) is 42.3 Å². The lowest BCUT2D eigenvalue weighted by Crippen LogP contribution is -2.36. The van der Waals surface area contributed by atoms with Crippen molar-refractivity contribution in [2.24, 2.45) is 5.92 Å². The van der Waals surface area contributed by atoms with E-state index in [-0.39, 0.29) is 0 Å². The maximum atomic E-state index is 6.29. The van der Waals surface area contributed by atoms with Crippen molar-refractivity contribution in [3.63, 3.8) is 0 Å². The van der Waals surface area contributed by atoms with Crippen molar-refractivity contribution in [1.82, 2.24) is 15.3 Å². The maximum Gasteiger partial charge on any atom is 0.230 e. The second-order valence-electron chi connectivity index (χ2n) is 9.32. The lowest BCUT2D eigenvalue weighted by molar-refractivity contribution is 0.122. The van der Waals surface area contributed by atoms with Crippen LogP contribution in [0.3, 0.4) is 0 Å². The molecule has 32 heavy (non-hydrogen) atoms. The number of morpholine rings is 1. The van der Waals surface area contributed by atoms with E-state index in [1.807, 2.05) is 6.20 Å². The van der Waals surface area contributed by atoms with Gasteiger partial charge in [-0.15, -0.1) is 0 Å². The summed E-state index contributed by atoms with van der Waals surface area (Å²) in [6.07, 6.45) is 9.29. The molecular formula is C25H35N5O2. The molecule has 5 rings (SSSR count). The molecule has 2 saturated carbocycles. The van der Waals surface area contributed by atoms with Gasteiger partial charge in [0.15, 0.2) is 0 Å². The molecule has 1 aliphatic heterocycles. The number of ether oxygens (including phenoxy) is 2. The summed E-state index contributed by atoms with van der Waals surface area (Å²) in [7, 11) is 2.06. The lowest BCUT2D eigenvalue weighted by Gasteiger charge is -2.29. The Kier molecular flexibility index (Phi) is 6.74. The van der Waals surface area contributed by atoms with Gasteiger partial charge < -0.3 is 25.0 Å². The van der Waals surface area contributed by atoms with Crippen LogP contribution in [0.2, 0.25) is 0 Å². The summed E-state index contributed by atoms with van der Waals surface area (Å²) in [5.41, 5.74) is 3.38. The van der Waals surface area contributed by atoms with Crippen molar-refractivity contribution in [2.75, 3.05) is 50.2 Å². The minimum absolute atomic E-state index is 0.562. The van der Waals surface area contributed by atoms with Crippen LogP contribution in [-0.2, 0) is 4.74 Å². The normalized spacial score (nSPS) is 23.7. The zero-order valence-corrected chi connectivity index (χ0v) is 19.1. The van der Waals surface area contributed by atoms with Gasteiger partial charge >= 0.3 is 0 Å². The van der Waals surface area contributed by atoms with E-state index in [4.69, 9.17) is 14.5 Å².